The van der Waals surface area contributed by atoms with Gasteiger partial charge in [-0.2, -0.15) is 0 Å². The summed E-state index contributed by atoms with van der Waals surface area (Å²) < 4.78 is 15.3. The highest BCUT2D eigenvalue weighted by atomic mass is 31.2. The van der Waals surface area contributed by atoms with E-state index in [-0.39, 0.29) is 5.78 Å². The van der Waals surface area contributed by atoms with Crippen molar-refractivity contribution in [2.24, 2.45) is 0 Å². The molecule has 68 valence electrons. The lowest BCUT2D eigenvalue weighted by Gasteiger charge is -2.08. The highest BCUT2D eigenvalue weighted by Crippen LogP contribution is 2.45. The van der Waals surface area contributed by atoms with Gasteiger partial charge >= 0.3 is 8.60 Å². The third kappa shape index (κ3) is 3.30. The molecule has 0 radical (unpaired) electrons. The maximum Gasteiger partial charge on any atom is 0.397 e. The summed E-state index contributed by atoms with van der Waals surface area (Å²) in [6.07, 6.45) is 1.41. The van der Waals surface area contributed by atoms with E-state index in [4.69, 9.17) is 13.6 Å². The molecule has 0 bridgehead atoms. The molecule has 1 fully saturated rings. The fraction of sp³-hybridized carbons (Fsp3) is 0.571. The largest absolute Gasteiger partial charge is 0.431 e. The Morgan fingerprint density at radius 1 is 1.42 bits per heavy atom. The van der Waals surface area contributed by atoms with Gasteiger partial charge in [0.25, 0.3) is 0 Å². The summed E-state index contributed by atoms with van der Waals surface area (Å²) in [6.45, 7) is 4.31. The maximum absolute atomic E-state index is 10.6. The third-order valence-corrected chi connectivity index (χ3v) is 2.33. The molecule has 0 unspecified atom stereocenters. The Hall–Kier alpha value is -0.440. The molecule has 0 aliphatic carbocycles. The fourth-order valence-corrected chi connectivity index (χ4v) is 1.66. The molecule has 1 saturated heterocycles. The van der Waals surface area contributed by atoms with Gasteiger partial charge in [0, 0.05) is 6.08 Å². The molecule has 12 heavy (non-hydrogen) atoms. The first-order valence-electron chi connectivity index (χ1n) is 3.61. The molecule has 1 aliphatic rings. The first kappa shape index (κ1) is 9.65. The smallest absolute Gasteiger partial charge is 0.397 e. The van der Waals surface area contributed by atoms with Crippen molar-refractivity contribution in [3.63, 3.8) is 0 Å². The van der Waals surface area contributed by atoms with E-state index in [2.05, 4.69) is 0 Å². The highest BCUT2D eigenvalue weighted by molar-refractivity contribution is 7.42. The molecule has 1 rings (SSSR count). The molecule has 0 atom stereocenters. The monoisotopic (exact) mass is 190 g/mol. The van der Waals surface area contributed by atoms with Crippen LogP contribution in [0.15, 0.2) is 11.8 Å². The summed E-state index contributed by atoms with van der Waals surface area (Å²) in [5.74, 6) is 0.497. The van der Waals surface area contributed by atoms with Gasteiger partial charge in [0.1, 0.15) is 5.76 Å². The lowest BCUT2D eigenvalue weighted by atomic mass is 10.4. The minimum atomic E-state index is -1.24. The number of hydrogen-bond donors (Lipinski definition) is 0. The van der Waals surface area contributed by atoms with E-state index in [1.54, 1.807) is 6.92 Å². The predicted molar refractivity (Wildman–Crippen MR) is 44.3 cm³/mol. The molecule has 0 aromatic rings. The Morgan fingerprint density at radius 2 is 2.00 bits per heavy atom. The summed E-state index contributed by atoms with van der Waals surface area (Å²) in [7, 11) is -1.24. The van der Waals surface area contributed by atoms with E-state index < -0.39 is 8.60 Å². The summed E-state index contributed by atoms with van der Waals surface area (Å²) in [5, 5.41) is 0. The van der Waals surface area contributed by atoms with Crippen LogP contribution >= 0.6 is 8.60 Å². The molecule has 5 heteroatoms. The SMILES string of the molecule is CC(=O)/C=C(\C)OP1OCCO1. The number of ketones is 1. The van der Waals surface area contributed by atoms with Gasteiger partial charge in [0.2, 0.25) is 0 Å². The molecule has 1 heterocycles. The quantitative estimate of drug-likeness (QED) is 0.386. The molecule has 1 aliphatic heterocycles. The van der Waals surface area contributed by atoms with Crippen LogP contribution in [0.4, 0.5) is 0 Å². The van der Waals surface area contributed by atoms with Gasteiger partial charge < -0.3 is 13.6 Å². The molecular formula is C7H11O4P. The molecule has 4 nitrogen and oxygen atoms in total. The number of allylic oxidation sites excluding steroid dienone is 2. The van der Waals surface area contributed by atoms with Crippen LogP contribution in [-0.2, 0) is 18.4 Å². The van der Waals surface area contributed by atoms with Gasteiger partial charge in [0.05, 0.1) is 13.2 Å². The molecule has 0 amide bonds. The molecule has 0 saturated carbocycles. The van der Waals surface area contributed by atoms with Gasteiger partial charge in [-0.15, -0.1) is 0 Å². The molecule has 0 spiro atoms. The van der Waals surface area contributed by atoms with E-state index >= 15 is 0 Å². The first-order chi connectivity index (χ1) is 5.68. The maximum atomic E-state index is 10.6. The average Bonchev–Trinajstić information content (AvgIpc) is 2.37. The van der Waals surface area contributed by atoms with Crippen molar-refractivity contribution in [3.8, 4) is 0 Å². The van der Waals surface area contributed by atoms with Crippen LogP contribution in [-0.4, -0.2) is 19.0 Å². The Labute approximate surface area is 72.5 Å². The standard InChI is InChI=1S/C7H11O4P/c1-6(8)5-7(2)11-12-9-3-4-10-12/h5H,3-4H2,1-2H3/b7-5+. The van der Waals surface area contributed by atoms with E-state index in [1.165, 1.54) is 13.0 Å². The minimum Gasteiger partial charge on any atom is -0.431 e. The van der Waals surface area contributed by atoms with Crippen molar-refractivity contribution < 1.29 is 18.4 Å². The van der Waals surface area contributed by atoms with Crippen molar-refractivity contribution in [2.75, 3.05) is 13.2 Å². The number of carbonyl (C=O) groups excluding carboxylic acids is 1. The van der Waals surface area contributed by atoms with Gasteiger partial charge in [0.15, 0.2) is 5.78 Å². The van der Waals surface area contributed by atoms with Crippen LogP contribution in [0.1, 0.15) is 13.8 Å². The van der Waals surface area contributed by atoms with Crippen molar-refractivity contribution in [1.29, 1.82) is 0 Å². The number of hydrogen-bond acceptors (Lipinski definition) is 4. The zero-order valence-electron chi connectivity index (χ0n) is 7.07. The summed E-state index contributed by atoms with van der Waals surface area (Å²) in [6, 6.07) is 0. The second-order valence-electron chi connectivity index (χ2n) is 2.35. The van der Waals surface area contributed by atoms with E-state index in [0.717, 1.165) is 0 Å². The van der Waals surface area contributed by atoms with Gasteiger partial charge in [-0.25, -0.2) is 0 Å². The zero-order chi connectivity index (χ0) is 8.97. The van der Waals surface area contributed by atoms with E-state index in [9.17, 15) is 4.79 Å². The number of rotatable bonds is 3. The van der Waals surface area contributed by atoms with Crippen LogP contribution in [0, 0.1) is 0 Å². The summed E-state index contributed by atoms with van der Waals surface area (Å²) >= 11 is 0. The Bertz CT molecular complexity index is 196. The molecule has 0 aromatic heterocycles. The Balaban J connectivity index is 2.34. The van der Waals surface area contributed by atoms with Crippen molar-refractivity contribution in [3.05, 3.63) is 11.8 Å². The average molecular weight is 190 g/mol. The van der Waals surface area contributed by atoms with Crippen LogP contribution in [0.5, 0.6) is 0 Å². The van der Waals surface area contributed by atoms with Crippen molar-refractivity contribution >= 4 is 14.4 Å². The van der Waals surface area contributed by atoms with Crippen molar-refractivity contribution in [2.45, 2.75) is 13.8 Å². The van der Waals surface area contributed by atoms with Gasteiger partial charge in [-0.1, -0.05) is 0 Å². The van der Waals surface area contributed by atoms with Crippen molar-refractivity contribution in [1.82, 2.24) is 0 Å². The van der Waals surface area contributed by atoms with Crippen LogP contribution < -0.4 is 0 Å². The van der Waals surface area contributed by atoms with Crippen LogP contribution in [0.2, 0.25) is 0 Å². The first-order valence-corrected chi connectivity index (χ1v) is 4.71. The van der Waals surface area contributed by atoms with Gasteiger partial charge in [-0.05, 0) is 13.8 Å². The second kappa shape index (κ2) is 4.55. The Kier molecular flexibility index (Phi) is 3.66. The third-order valence-electron chi connectivity index (χ3n) is 1.10. The zero-order valence-corrected chi connectivity index (χ0v) is 7.97. The van der Waals surface area contributed by atoms with Gasteiger partial charge in [-0.3, -0.25) is 4.79 Å². The lowest BCUT2D eigenvalue weighted by molar-refractivity contribution is -0.112. The van der Waals surface area contributed by atoms with E-state index in [1.807, 2.05) is 0 Å². The Morgan fingerprint density at radius 3 is 2.50 bits per heavy atom. The molecule has 0 N–H and O–H groups in total. The molecule has 0 aromatic carbocycles. The fourth-order valence-electron chi connectivity index (χ4n) is 0.744. The lowest BCUT2D eigenvalue weighted by Crippen LogP contribution is -1.88. The van der Waals surface area contributed by atoms with Crippen LogP contribution in [0.3, 0.4) is 0 Å². The second-order valence-corrected chi connectivity index (χ2v) is 3.49. The topological polar surface area (TPSA) is 44.8 Å². The molecular weight excluding hydrogens is 179 g/mol. The summed E-state index contributed by atoms with van der Waals surface area (Å²) in [4.78, 5) is 10.6. The predicted octanol–water partition coefficient (Wildman–Crippen LogP) is 1.77. The summed E-state index contributed by atoms with van der Waals surface area (Å²) in [5.41, 5.74) is 0. The highest BCUT2D eigenvalue weighted by Gasteiger charge is 2.20. The normalized spacial score (nSPS) is 19.7. The van der Waals surface area contributed by atoms with E-state index in [0.29, 0.717) is 19.0 Å². The van der Waals surface area contributed by atoms with Crippen LogP contribution in [0.25, 0.3) is 0 Å². The minimum absolute atomic E-state index is 0.0401. The number of carbonyl (C=O) groups is 1.